The average molecular weight is 334 g/mol. The Hall–Kier alpha value is -1.95. The minimum atomic E-state index is -0.462. The second-order valence-corrected chi connectivity index (χ2v) is 6.50. The fraction of sp³-hybridized carbons (Fsp3) is 0.500. The summed E-state index contributed by atoms with van der Waals surface area (Å²) in [5.41, 5.74) is 0.343. The van der Waals surface area contributed by atoms with Crippen molar-refractivity contribution in [3.8, 4) is 5.69 Å². The highest BCUT2D eigenvalue weighted by Gasteiger charge is 2.43. The molecule has 1 aliphatic carbocycles. The average Bonchev–Trinajstić information content (AvgIpc) is 3.05. The van der Waals surface area contributed by atoms with Gasteiger partial charge in [0, 0.05) is 19.0 Å². The highest BCUT2D eigenvalue weighted by atomic mass is 35.5. The number of tetrazole rings is 1. The summed E-state index contributed by atoms with van der Waals surface area (Å²) in [4.78, 5) is 13.9. The van der Waals surface area contributed by atoms with Gasteiger partial charge in [-0.05, 0) is 41.5 Å². The lowest BCUT2D eigenvalue weighted by atomic mass is 9.79. The third-order valence-corrected chi connectivity index (χ3v) is 4.97. The second-order valence-electron chi connectivity index (χ2n) is 6.06. The molecule has 0 saturated heterocycles. The van der Waals surface area contributed by atoms with Gasteiger partial charge >= 0.3 is 0 Å². The standard InChI is InChI=1S/C16H20ClN5O/c1-12(23)21(2)16(9-4-3-5-10-16)15-18-19-20-22(15)14-8-6-7-13(17)11-14/h6-8,11H,3-5,9-10H2,1-2H3. The van der Waals surface area contributed by atoms with E-state index in [1.165, 1.54) is 6.42 Å². The molecule has 1 heterocycles. The molecule has 1 aromatic heterocycles. The highest BCUT2D eigenvalue weighted by molar-refractivity contribution is 6.30. The molecule has 1 fully saturated rings. The van der Waals surface area contributed by atoms with Crippen molar-refractivity contribution in [2.24, 2.45) is 0 Å². The van der Waals surface area contributed by atoms with Gasteiger partial charge < -0.3 is 4.90 Å². The summed E-state index contributed by atoms with van der Waals surface area (Å²) in [6, 6.07) is 7.42. The Kier molecular flexibility index (Phi) is 4.35. The smallest absolute Gasteiger partial charge is 0.220 e. The maximum atomic E-state index is 12.1. The van der Waals surface area contributed by atoms with Crippen molar-refractivity contribution in [2.75, 3.05) is 7.05 Å². The van der Waals surface area contributed by atoms with Gasteiger partial charge in [-0.25, -0.2) is 0 Å². The van der Waals surface area contributed by atoms with Gasteiger partial charge in [-0.15, -0.1) is 5.10 Å². The van der Waals surface area contributed by atoms with Crippen LogP contribution in [0.3, 0.4) is 0 Å². The fourth-order valence-electron chi connectivity index (χ4n) is 3.41. The van der Waals surface area contributed by atoms with Gasteiger partial charge in [0.2, 0.25) is 5.91 Å². The van der Waals surface area contributed by atoms with E-state index in [9.17, 15) is 4.79 Å². The SMILES string of the molecule is CC(=O)N(C)C1(c2nnnn2-c2cccc(Cl)c2)CCCCC1. The molecular weight excluding hydrogens is 314 g/mol. The molecule has 1 aliphatic rings. The van der Waals surface area contributed by atoms with Crippen LogP contribution in [0.15, 0.2) is 24.3 Å². The molecule has 1 saturated carbocycles. The fourth-order valence-corrected chi connectivity index (χ4v) is 3.59. The molecule has 1 amide bonds. The Morgan fingerprint density at radius 1 is 1.30 bits per heavy atom. The van der Waals surface area contributed by atoms with E-state index >= 15 is 0 Å². The molecule has 7 heteroatoms. The number of aromatic nitrogens is 4. The Morgan fingerprint density at radius 3 is 2.70 bits per heavy atom. The molecule has 0 radical (unpaired) electrons. The highest BCUT2D eigenvalue weighted by Crippen LogP contribution is 2.41. The Bertz CT molecular complexity index is 708. The first-order valence-electron chi connectivity index (χ1n) is 7.84. The lowest BCUT2D eigenvalue weighted by Gasteiger charge is -2.42. The maximum Gasteiger partial charge on any atom is 0.220 e. The molecule has 0 bridgehead atoms. The number of benzene rings is 1. The largest absolute Gasteiger partial charge is 0.333 e. The number of rotatable bonds is 3. The van der Waals surface area contributed by atoms with Gasteiger partial charge in [0.1, 0.15) is 5.54 Å². The van der Waals surface area contributed by atoms with Gasteiger partial charge in [0.25, 0.3) is 0 Å². The molecule has 0 unspecified atom stereocenters. The van der Waals surface area contributed by atoms with Crippen molar-refractivity contribution >= 4 is 17.5 Å². The Balaban J connectivity index is 2.11. The van der Waals surface area contributed by atoms with Gasteiger partial charge in [-0.3, -0.25) is 4.79 Å². The van der Waals surface area contributed by atoms with E-state index in [0.717, 1.165) is 31.4 Å². The van der Waals surface area contributed by atoms with Crippen LogP contribution in [0.2, 0.25) is 5.02 Å². The summed E-state index contributed by atoms with van der Waals surface area (Å²) in [5, 5.41) is 12.9. The number of carbonyl (C=O) groups excluding carboxylic acids is 1. The summed E-state index contributed by atoms with van der Waals surface area (Å²) < 4.78 is 1.70. The summed E-state index contributed by atoms with van der Waals surface area (Å²) in [5.74, 6) is 0.727. The lowest BCUT2D eigenvalue weighted by Crippen LogP contribution is -2.49. The number of amides is 1. The normalized spacial score (nSPS) is 17.0. The van der Waals surface area contributed by atoms with Crippen molar-refractivity contribution in [2.45, 2.75) is 44.6 Å². The number of nitrogens with zero attached hydrogens (tertiary/aromatic N) is 5. The van der Waals surface area contributed by atoms with Gasteiger partial charge in [0.05, 0.1) is 5.69 Å². The summed E-state index contributed by atoms with van der Waals surface area (Å²) in [6.45, 7) is 1.59. The molecule has 0 atom stereocenters. The molecule has 0 N–H and O–H groups in total. The minimum absolute atomic E-state index is 0.0209. The van der Waals surface area contributed by atoms with E-state index in [4.69, 9.17) is 11.6 Å². The van der Waals surface area contributed by atoms with Crippen LogP contribution in [0.5, 0.6) is 0 Å². The minimum Gasteiger partial charge on any atom is -0.333 e. The Labute approximate surface area is 140 Å². The number of carbonyl (C=O) groups is 1. The first-order valence-corrected chi connectivity index (χ1v) is 8.21. The topological polar surface area (TPSA) is 63.9 Å². The van der Waals surface area contributed by atoms with Crippen LogP contribution in [0.25, 0.3) is 5.69 Å². The zero-order valence-corrected chi connectivity index (χ0v) is 14.1. The van der Waals surface area contributed by atoms with Crippen molar-refractivity contribution in [1.82, 2.24) is 25.1 Å². The van der Waals surface area contributed by atoms with Gasteiger partial charge in [0.15, 0.2) is 5.82 Å². The first kappa shape index (κ1) is 15.9. The zero-order valence-electron chi connectivity index (χ0n) is 13.4. The predicted octanol–water partition coefficient (Wildman–Crippen LogP) is 2.95. The molecule has 0 aliphatic heterocycles. The molecule has 122 valence electrons. The number of halogens is 1. The van der Waals surface area contributed by atoms with Gasteiger partial charge in [-0.1, -0.05) is 36.9 Å². The van der Waals surface area contributed by atoms with E-state index in [-0.39, 0.29) is 5.91 Å². The van der Waals surface area contributed by atoms with Crippen molar-refractivity contribution in [3.63, 3.8) is 0 Å². The van der Waals surface area contributed by atoms with Crippen LogP contribution in [0, 0.1) is 0 Å². The molecule has 23 heavy (non-hydrogen) atoms. The summed E-state index contributed by atoms with van der Waals surface area (Å²) in [7, 11) is 1.84. The maximum absolute atomic E-state index is 12.1. The van der Waals surface area contributed by atoms with Crippen LogP contribution in [0.4, 0.5) is 0 Å². The van der Waals surface area contributed by atoms with E-state index in [1.807, 2.05) is 31.3 Å². The third kappa shape index (κ3) is 2.83. The molecular formula is C16H20ClN5O. The molecule has 6 nitrogen and oxygen atoms in total. The number of hydrogen-bond donors (Lipinski definition) is 0. The van der Waals surface area contributed by atoms with E-state index < -0.39 is 5.54 Å². The Morgan fingerprint density at radius 2 is 2.04 bits per heavy atom. The molecule has 1 aromatic carbocycles. The first-order chi connectivity index (χ1) is 11.0. The van der Waals surface area contributed by atoms with E-state index in [0.29, 0.717) is 10.8 Å². The molecule has 3 rings (SSSR count). The van der Waals surface area contributed by atoms with Crippen LogP contribution in [-0.4, -0.2) is 38.1 Å². The van der Waals surface area contributed by atoms with Crippen molar-refractivity contribution in [3.05, 3.63) is 35.1 Å². The molecule has 2 aromatic rings. The number of hydrogen-bond acceptors (Lipinski definition) is 4. The van der Waals surface area contributed by atoms with Gasteiger partial charge in [-0.2, -0.15) is 4.68 Å². The van der Waals surface area contributed by atoms with Crippen molar-refractivity contribution < 1.29 is 4.79 Å². The van der Waals surface area contributed by atoms with E-state index in [2.05, 4.69) is 15.5 Å². The predicted molar refractivity (Wildman–Crippen MR) is 87.4 cm³/mol. The van der Waals surface area contributed by atoms with E-state index in [1.54, 1.807) is 16.5 Å². The lowest BCUT2D eigenvalue weighted by molar-refractivity contribution is -0.135. The monoisotopic (exact) mass is 333 g/mol. The quantitative estimate of drug-likeness (QED) is 0.866. The third-order valence-electron chi connectivity index (χ3n) is 4.73. The second kappa shape index (κ2) is 6.28. The zero-order chi connectivity index (χ0) is 16.4. The van der Waals surface area contributed by atoms with Crippen LogP contribution < -0.4 is 0 Å². The van der Waals surface area contributed by atoms with Crippen LogP contribution >= 0.6 is 11.6 Å². The van der Waals surface area contributed by atoms with Crippen molar-refractivity contribution in [1.29, 1.82) is 0 Å². The molecule has 0 spiro atoms. The summed E-state index contributed by atoms with van der Waals surface area (Å²) >= 11 is 6.10. The van der Waals surface area contributed by atoms with Crippen LogP contribution in [-0.2, 0) is 10.3 Å². The van der Waals surface area contributed by atoms with Crippen LogP contribution in [0.1, 0.15) is 44.9 Å². The summed E-state index contributed by atoms with van der Waals surface area (Å²) in [6.07, 6.45) is 5.01.